The average molecular weight is 318 g/mol. The Hall–Kier alpha value is -2.06. The highest BCUT2D eigenvalue weighted by molar-refractivity contribution is 5.86. The van der Waals surface area contributed by atoms with Crippen molar-refractivity contribution < 1.29 is 0 Å². The minimum absolute atomic E-state index is 0.478. The second kappa shape index (κ2) is 6.10. The zero-order chi connectivity index (χ0) is 16.7. The lowest BCUT2D eigenvalue weighted by Crippen LogP contribution is -2.38. The maximum absolute atomic E-state index is 2.58. The molecule has 0 spiro atoms. The lowest BCUT2D eigenvalue weighted by molar-refractivity contribution is 0.177. The lowest BCUT2D eigenvalue weighted by atomic mass is 9.93. The van der Waals surface area contributed by atoms with Gasteiger partial charge in [-0.2, -0.15) is 0 Å². The van der Waals surface area contributed by atoms with Crippen LogP contribution in [-0.4, -0.2) is 22.6 Å². The number of hydrogen-bond acceptors (Lipinski definition) is 1. The molecule has 0 saturated carbocycles. The SMILES string of the molecule is C[C@@H]1Cc2c(c3ccccc3n2CCc2ccccc2)[C@@H](C)N1C. The Morgan fingerprint density at radius 2 is 1.67 bits per heavy atom. The minimum atomic E-state index is 0.478. The van der Waals surface area contributed by atoms with E-state index < -0.39 is 0 Å². The van der Waals surface area contributed by atoms with Crippen LogP contribution in [0.15, 0.2) is 54.6 Å². The standard InChI is InChI=1S/C22H26N2/c1-16-15-21-22(17(2)23(16)3)19-11-7-8-12-20(19)24(21)14-13-18-9-5-4-6-10-18/h4-12,16-17H,13-15H2,1-3H3/t16-,17-/m1/s1. The molecule has 2 atom stereocenters. The summed E-state index contributed by atoms with van der Waals surface area (Å²) >= 11 is 0. The van der Waals surface area contributed by atoms with Crippen LogP contribution in [0.25, 0.3) is 10.9 Å². The quantitative estimate of drug-likeness (QED) is 0.672. The predicted octanol–water partition coefficient (Wildman–Crippen LogP) is 4.82. The highest BCUT2D eigenvalue weighted by atomic mass is 15.2. The van der Waals surface area contributed by atoms with Gasteiger partial charge in [0.2, 0.25) is 0 Å². The third kappa shape index (κ3) is 2.46. The Morgan fingerprint density at radius 1 is 0.958 bits per heavy atom. The molecule has 1 aliphatic heterocycles. The molecule has 0 aliphatic carbocycles. The summed E-state index contributed by atoms with van der Waals surface area (Å²) in [5.74, 6) is 0. The lowest BCUT2D eigenvalue weighted by Gasteiger charge is -2.36. The van der Waals surface area contributed by atoms with Gasteiger partial charge in [0.05, 0.1) is 0 Å². The molecule has 0 bridgehead atoms. The molecule has 1 aromatic heterocycles. The molecule has 0 fully saturated rings. The number of para-hydroxylation sites is 1. The molecule has 0 unspecified atom stereocenters. The van der Waals surface area contributed by atoms with E-state index in [2.05, 4.69) is 85.0 Å². The smallest absolute Gasteiger partial charge is 0.0486 e. The highest BCUT2D eigenvalue weighted by Crippen LogP contribution is 2.39. The number of fused-ring (bicyclic) bond motifs is 3. The van der Waals surface area contributed by atoms with Gasteiger partial charge in [0.15, 0.2) is 0 Å². The van der Waals surface area contributed by atoms with E-state index >= 15 is 0 Å². The first-order chi connectivity index (χ1) is 11.7. The van der Waals surface area contributed by atoms with Crippen LogP contribution in [0.2, 0.25) is 0 Å². The molecule has 4 rings (SSSR count). The molecule has 0 N–H and O–H groups in total. The number of hydrogen-bond donors (Lipinski definition) is 0. The first-order valence-corrected chi connectivity index (χ1v) is 9.02. The summed E-state index contributed by atoms with van der Waals surface area (Å²) in [6.07, 6.45) is 2.23. The van der Waals surface area contributed by atoms with Crippen LogP contribution in [0.3, 0.4) is 0 Å². The largest absolute Gasteiger partial charge is 0.344 e. The average Bonchev–Trinajstić information content (AvgIpc) is 2.92. The monoisotopic (exact) mass is 318 g/mol. The van der Waals surface area contributed by atoms with Gasteiger partial charge < -0.3 is 4.57 Å². The molecule has 0 amide bonds. The zero-order valence-electron chi connectivity index (χ0n) is 14.9. The van der Waals surface area contributed by atoms with Crippen LogP contribution < -0.4 is 0 Å². The van der Waals surface area contributed by atoms with Crippen molar-refractivity contribution in [2.75, 3.05) is 7.05 Å². The number of aromatic nitrogens is 1. The van der Waals surface area contributed by atoms with Crippen molar-refractivity contribution in [1.82, 2.24) is 9.47 Å². The van der Waals surface area contributed by atoms with Crippen LogP contribution in [0, 0.1) is 0 Å². The fraction of sp³-hybridized carbons (Fsp3) is 0.364. The zero-order valence-corrected chi connectivity index (χ0v) is 14.9. The van der Waals surface area contributed by atoms with E-state index in [9.17, 15) is 0 Å². The predicted molar refractivity (Wildman–Crippen MR) is 101 cm³/mol. The van der Waals surface area contributed by atoms with Gasteiger partial charge in [-0.3, -0.25) is 4.90 Å². The van der Waals surface area contributed by atoms with Crippen molar-refractivity contribution in [3.8, 4) is 0 Å². The van der Waals surface area contributed by atoms with E-state index in [4.69, 9.17) is 0 Å². The van der Waals surface area contributed by atoms with E-state index in [-0.39, 0.29) is 0 Å². The molecule has 2 heterocycles. The van der Waals surface area contributed by atoms with E-state index in [1.54, 1.807) is 11.3 Å². The van der Waals surface area contributed by atoms with Crippen LogP contribution in [0.4, 0.5) is 0 Å². The van der Waals surface area contributed by atoms with Gasteiger partial charge in [0, 0.05) is 41.6 Å². The van der Waals surface area contributed by atoms with Crippen molar-refractivity contribution in [3.05, 3.63) is 71.4 Å². The summed E-state index contributed by atoms with van der Waals surface area (Å²) in [6.45, 7) is 5.75. The van der Waals surface area contributed by atoms with Gasteiger partial charge in [0.1, 0.15) is 0 Å². The molecule has 124 valence electrons. The van der Waals surface area contributed by atoms with Gasteiger partial charge in [0.25, 0.3) is 0 Å². The second-order valence-electron chi connectivity index (χ2n) is 7.16. The molecule has 0 radical (unpaired) electrons. The first kappa shape index (κ1) is 15.5. The molecule has 2 nitrogen and oxygen atoms in total. The van der Waals surface area contributed by atoms with Crippen LogP contribution in [0.5, 0.6) is 0 Å². The summed E-state index contributed by atoms with van der Waals surface area (Å²) in [5.41, 5.74) is 5.90. The van der Waals surface area contributed by atoms with E-state index in [0.717, 1.165) is 19.4 Å². The topological polar surface area (TPSA) is 8.17 Å². The first-order valence-electron chi connectivity index (χ1n) is 9.02. The Kier molecular flexibility index (Phi) is 3.93. The number of benzene rings is 2. The molecular weight excluding hydrogens is 292 g/mol. The summed E-state index contributed by atoms with van der Waals surface area (Å²) in [6, 6.07) is 20.8. The molecule has 0 saturated heterocycles. The van der Waals surface area contributed by atoms with E-state index in [1.807, 2.05) is 0 Å². The van der Waals surface area contributed by atoms with Crippen molar-refractivity contribution in [2.24, 2.45) is 0 Å². The van der Waals surface area contributed by atoms with Crippen molar-refractivity contribution >= 4 is 10.9 Å². The van der Waals surface area contributed by atoms with Gasteiger partial charge in [-0.25, -0.2) is 0 Å². The second-order valence-corrected chi connectivity index (χ2v) is 7.16. The Morgan fingerprint density at radius 3 is 2.46 bits per heavy atom. The number of likely N-dealkylation sites (N-methyl/N-ethyl adjacent to an activating group) is 1. The molecule has 1 aliphatic rings. The molecular formula is C22H26N2. The molecule has 3 aromatic rings. The van der Waals surface area contributed by atoms with Crippen molar-refractivity contribution in [3.63, 3.8) is 0 Å². The van der Waals surface area contributed by atoms with Crippen molar-refractivity contribution in [2.45, 2.75) is 45.3 Å². The normalized spacial score (nSPS) is 21.1. The van der Waals surface area contributed by atoms with E-state index in [0.29, 0.717) is 12.1 Å². The van der Waals surface area contributed by atoms with E-state index in [1.165, 1.54) is 16.5 Å². The van der Waals surface area contributed by atoms with Gasteiger partial charge in [-0.05, 0) is 44.5 Å². The Balaban J connectivity index is 1.79. The fourth-order valence-corrected chi connectivity index (χ4v) is 4.22. The fourth-order valence-electron chi connectivity index (χ4n) is 4.22. The molecule has 2 aromatic carbocycles. The highest BCUT2D eigenvalue weighted by Gasteiger charge is 2.31. The summed E-state index contributed by atoms with van der Waals surface area (Å²) in [4.78, 5) is 2.51. The molecule has 24 heavy (non-hydrogen) atoms. The third-order valence-electron chi connectivity index (χ3n) is 5.80. The van der Waals surface area contributed by atoms with Gasteiger partial charge in [-0.1, -0.05) is 48.5 Å². The summed E-state index contributed by atoms with van der Waals surface area (Å²) < 4.78 is 2.58. The maximum atomic E-state index is 2.58. The number of aryl methyl sites for hydroxylation is 2. The van der Waals surface area contributed by atoms with Crippen molar-refractivity contribution in [1.29, 1.82) is 0 Å². The Bertz CT molecular complexity index is 847. The van der Waals surface area contributed by atoms with Crippen LogP contribution in [-0.2, 0) is 19.4 Å². The minimum Gasteiger partial charge on any atom is -0.344 e. The maximum Gasteiger partial charge on any atom is 0.0486 e. The van der Waals surface area contributed by atoms with Gasteiger partial charge in [-0.15, -0.1) is 0 Å². The summed E-state index contributed by atoms with van der Waals surface area (Å²) in [7, 11) is 2.26. The number of rotatable bonds is 3. The Labute approximate surface area is 144 Å². The molecule has 2 heteroatoms. The number of nitrogens with zero attached hydrogens (tertiary/aromatic N) is 2. The summed E-state index contributed by atoms with van der Waals surface area (Å²) in [5, 5.41) is 1.44. The van der Waals surface area contributed by atoms with Crippen LogP contribution in [0.1, 0.15) is 36.7 Å². The van der Waals surface area contributed by atoms with Crippen LogP contribution >= 0.6 is 0 Å². The third-order valence-corrected chi connectivity index (χ3v) is 5.80. The van der Waals surface area contributed by atoms with Gasteiger partial charge >= 0.3 is 0 Å².